The first-order valence-corrected chi connectivity index (χ1v) is 26.3. The Kier molecular flexibility index (Phi) is 20.3. The van der Waals surface area contributed by atoms with E-state index in [2.05, 4.69) is 37.2 Å². The predicted octanol–water partition coefficient (Wildman–Crippen LogP) is 4.52. The van der Waals surface area contributed by atoms with Crippen LogP contribution in [0.4, 0.5) is 4.79 Å². The zero-order chi connectivity index (χ0) is 63.2. The number of carbonyl (C=O) groups excluding carboxylic acids is 7. The number of nitrogens with one attached hydrogen (secondary N) is 7. The van der Waals surface area contributed by atoms with Gasteiger partial charge in [-0.05, 0) is 118 Å². The third kappa shape index (κ3) is 17.0. The highest BCUT2D eigenvalue weighted by molar-refractivity contribution is 5.99. The molecule has 0 heterocycles. The Balaban J connectivity index is 1.20. The molecule has 0 aromatic heterocycles. The molecule has 7 aromatic carbocycles. The molecule has 26 heteroatoms. The number of ether oxygens (including phenoxy) is 1. The summed E-state index contributed by atoms with van der Waals surface area (Å²) in [6.45, 7) is 2.71. The summed E-state index contributed by atoms with van der Waals surface area (Å²) in [7, 11) is 0. The summed E-state index contributed by atoms with van der Waals surface area (Å²) < 4.78 is 5.36. The number of aliphatic carboxylic acids is 1. The van der Waals surface area contributed by atoms with Crippen molar-refractivity contribution in [3.63, 3.8) is 0 Å². The summed E-state index contributed by atoms with van der Waals surface area (Å²) >= 11 is 0. The minimum atomic E-state index is -2.04. The van der Waals surface area contributed by atoms with Gasteiger partial charge in [0.1, 0.15) is 94.6 Å². The fourth-order valence-corrected chi connectivity index (χ4v) is 8.93. The first-order valence-electron chi connectivity index (χ1n) is 26.3. The van der Waals surface area contributed by atoms with Crippen LogP contribution in [-0.2, 0) is 44.9 Å². The van der Waals surface area contributed by atoms with Crippen LogP contribution in [0.25, 0.3) is 0 Å². The van der Waals surface area contributed by atoms with Gasteiger partial charge in [0.15, 0.2) is 6.04 Å². The zero-order valence-corrected chi connectivity index (χ0v) is 46.0. The van der Waals surface area contributed by atoms with Crippen molar-refractivity contribution in [3.05, 3.63) is 197 Å². The van der Waals surface area contributed by atoms with Crippen LogP contribution in [0.3, 0.4) is 0 Å². The number of alkyl carbamates (subject to hydrolysis) is 1. The largest absolute Gasteiger partial charge is 0.508 e. The predicted molar refractivity (Wildman–Crippen MR) is 305 cm³/mol. The van der Waals surface area contributed by atoms with Gasteiger partial charge >= 0.3 is 12.1 Å². The second-order valence-corrected chi connectivity index (χ2v) is 20.0. The number of carboxylic acid groups (broad SMARTS) is 1. The standard InChI is InChI=1S/C61H59N7O19/c1-30(2)47(62-57(81)50(35-20-41(72)26-42(73)21-35)66-56(80)49(33-10-16-39(70)17-11-33)68-61(86)87-29-31-6-4-3-5-7-31)54(78)64-51(36-22-43(74)27-44(75)23-36)58(82)63-48(32-8-14-38(69)15-9-32)55(79)65-52(37-24-45(76)28-46(77)25-37)59(83)67-53(60(84)85)34-12-18-40(71)19-13-34/h3-28,30,47-53,69-77H,29H2,1-2H3,(H,62,81)(H,63,82)(H,64,78)(H,65,79)(H,66,80)(H,67,83)(H,68,86)(H,84,85)/t47-,48-,49+,50+,51+,52+,53-/m1/s1. The number of benzene rings is 7. The molecule has 7 atom stereocenters. The van der Waals surface area contributed by atoms with E-state index in [0.29, 0.717) is 5.56 Å². The normalized spacial score (nSPS) is 13.4. The average Bonchev–Trinajstić information content (AvgIpc) is 2.38. The molecule has 17 N–H and O–H groups in total. The Hall–Kier alpha value is -11.7. The lowest BCUT2D eigenvalue weighted by molar-refractivity contribution is -0.142. The van der Waals surface area contributed by atoms with E-state index in [0.717, 1.165) is 78.9 Å². The van der Waals surface area contributed by atoms with Crippen molar-refractivity contribution >= 4 is 47.5 Å². The van der Waals surface area contributed by atoms with Crippen molar-refractivity contribution in [2.24, 2.45) is 5.92 Å². The molecular weight excluding hydrogens is 1130 g/mol. The third-order valence-electron chi connectivity index (χ3n) is 13.2. The van der Waals surface area contributed by atoms with E-state index in [9.17, 15) is 89.4 Å². The lowest BCUT2D eigenvalue weighted by atomic mass is 9.98. The molecule has 0 saturated heterocycles. The summed E-state index contributed by atoms with van der Waals surface area (Å²) in [5.41, 5.74) is -0.396. The van der Waals surface area contributed by atoms with E-state index in [1.165, 1.54) is 62.4 Å². The molecule has 7 aromatic rings. The van der Waals surface area contributed by atoms with Crippen molar-refractivity contribution < 1.29 is 94.2 Å². The Bertz CT molecular complexity index is 3600. The number of amides is 7. The van der Waals surface area contributed by atoms with Crippen molar-refractivity contribution in [1.82, 2.24) is 37.2 Å². The SMILES string of the molecule is CC(C)[C@@H](NC(=O)[C@@H](NC(=O)[C@@H](NC(=O)OCc1ccccc1)c1ccc(O)cc1)c1cc(O)cc(O)c1)C(=O)N[C@H](C(=O)N[C@@H](C(=O)N[C@H](C(=O)N[C@@H](C(=O)O)c1ccc(O)cc1)c1cc(O)cc(O)c1)c1ccc(O)cc1)c1cc(O)cc(O)c1. The van der Waals surface area contributed by atoms with Gasteiger partial charge in [-0.25, -0.2) is 9.59 Å². The minimum absolute atomic E-state index is 0.0380. The van der Waals surface area contributed by atoms with Crippen LogP contribution >= 0.6 is 0 Å². The second-order valence-electron chi connectivity index (χ2n) is 20.0. The van der Waals surface area contributed by atoms with E-state index in [-0.39, 0.29) is 57.2 Å². The van der Waals surface area contributed by atoms with E-state index in [1.54, 1.807) is 30.3 Å². The van der Waals surface area contributed by atoms with Crippen molar-refractivity contribution in [2.75, 3.05) is 0 Å². The van der Waals surface area contributed by atoms with Crippen molar-refractivity contribution in [2.45, 2.75) is 62.7 Å². The molecule has 0 bridgehead atoms. The number of aromatic hydroxyl groups is 9. The number of rotatable bonds is 23. The molecular formula is C61H59N7O19. The van der Waals surface area contributed by atoms with Gasteiger partial charge < -0.3 is 93.0 Å². The number of carbonyl (C=O) groups is 8. The third-order valence-corrected chi connectivity index (χ3v) is 13.2. The van der Waals surface area contributed by atoms with Gasteiger partial charge in [0.2, 0.25) is 35.4 Å². The number of hydrogen-bond donors (Lipinski definition) is 17. The van der Waals surface area contributed by atoms with Crippen LogP contribution in [0.5, 0.6) is 51.7 Å². The van der Waals surface area contributed by atoms with Crippen LogP contribution in [-0.4, -0.2) is 105 Å². The van der Waals surface area contributed by atoms with Gasteiger partial charge in [0.25, 0.3) is 0 Å². The highest BCUT2D eigenvalue weighted by atomic mass is 16.5. The van der Waals surface area contributed by atoms with Crippen molar-refractivity contribution in [1.29, 1.82) is 0 Å². The molecule has 0 saturated carbocycles. The van der Waals surface area contributed by atoms with Crippen LogP contribution in [0.1, 0.15) is 89.0 Å². The minimum Gasteiger partial charge on any atom is -0.508 e. The van der Waals surface area contributed by atoms with Gasteiger partial charge in [-0.3, -0.25) is 28.8 Å². The van der Waals surface area contributed by atoms with Crippen LogP contribution < -0.4 is 37.2 Å². The Labute approximate surface area is 494 Å². The average molecular weight is 1190 g/mol. The second kappa shape index (κ2) is 28.0. The van der Waals surface area contributed by atoms with Crippen LogP contribution in [0, 0.1) is 5.92 Å². The molecule has 0 aliphatic carbocycles. The summed E-state index contributed by atoms with van der Waals surface area (Å²) in [5, 5.41) is 121. The van der Waals surface area contributed by atoms with E-state index in [4.69, 9.17) is 4.74 Å². The zero-order valence-electron chi connectivity index (χ0n) is 46.0. The molecule has 0 aliphatic heterocycles. The Morgan fingerprint density at radius 2 is 0.621 bits per heavy atom. The summed E-state index contributed by atoms with van der Waals surface area (Å²) in [5.74, 6) is -14.2. The van der Waals surface area contributed by atoms with Gasteiger partial charge in [0.05, 0.1) is 0 Å². The molecule has 0 fully saturated rings. The quantitative estimate of drug-likeness (QED) is 0.0419. The number of phenols is 9. The first-order chi connectivity index (χ1) is 41.3. The lowest BCUT2D eigenvalue weighted by Gasteiger charge is -2.29. The van der Waals surface area contributed by atoms with E-state index < -0.39 is 130 Å². The number of hydrogen-bond acceptors (Lipinski definition) is 18. The van der Waals surface area contributed by atoms with Gasteiger partial charge in [-0.2, -0.15) is 0 Å². The van der Waals surface area contributed by atoms with Crippen LogP contribution in [0.15, 0.2) is 158 Å². The lowest BCUT2D eigenvalue weighted by Crippen LogP contribution is -2.55. The molecule has 0 spiro atoms. The number of carboxylic acids is 1. The molecule has 26 nitrogen and oxygen atoms in total. The maximum atomic E-state index is 14.9. The van der Waals surface area contributed by atoms with Gasteiger partial charge in [-0.15, -0.1) is 0 Å². The van der Waals surface area contributed by atoms with Gasteiger partial charge in [0, 0.05) is 18.2 Å². The summed E-state index contributed by atoms with van der Waals surface area (Å²) in [6, 6.07) is 18.3. The topological polar surface area (TPSA) is 432 Å². The Morgan fingerprint density at radius 3 is 0.954 bits per heavy atom. The Morgan fingerprint density at radius 1 is 0.333 bits per heavy atom. The molecule has 0 aliphatic rings. The van der Waals surface area contributed by atoms with Crippen LogP contribution in [0.2, 0.25) is 0 Å². The molecule has 7 amide bonds. The molecule has 452 valence electrons. The monoisotopic (exact) mass is 1190 g/mol. The fourth-order valence-electron chi connectivity index (χ4n) is 8.93. The molecule has 87 heavy (non-hydrogen) atoms. The highest BCUT2D eigenvalue weighted by Crippen LogP contribution is 2.32. The number of phenolic OH excluding ortho intramolecular Hbond substituents is 9. The summed E-state index contributed by atoms with van der Waals surface area (Å²) in [4.78, 5) is 114. The van der Waals surface area contributed by atoms with E-state index >= 15 is 0 Å². The molecule has 0 unspecified atom stereocenters. The van der Waals surface area contributed by atoms with Crippen molar-refractivity contribution in [3.8, 4) is 51.7 Å². The highest BCUT2D eigenvalue weighted by Gasteiger charge is 2.38. The summed E-state index contributed by atoms with van der Waals surface area (Å²) in [6.07, 6.45) is -1.09. The first kappa shape index (κ1) is 62.9. The van der Waals surface area contributed by atoms with E-state index in [1.807, 2.05) is 0 Å². The van der Waals surface area contributed by atoms with Gasteiger partial charge in [-0.1, -0.05) is 80.6 Å². The fraction of sp³-hybridized carbons (Fsp3) is 0.180. The molecule has 7 rings (SSSR count). The smallest absolute Gasteiger partial charge is 0.408 e. The molecule has 0 radical (unpaired) electrons. The maximum absolute atomic E-state index is 14.9. The maximum Gasteiger partial charge on any atom is 0.408 e.